The van der Waals surface area contributed by atoms with Crippen molar-refractivity contribution >= 4 is 39.4 Å². The van der Waals surface area contributed by atoms with Gasteiger partial charge >= 0.3 is 0 Å². The fourth-order valence-corrected chi connectivity index (χ4v) is 2.95. The number of hydrogen-bond acceptors (Lipinski definition) is 5. The molecule has 0 aliphatic carbocycles. The fourth-order valence-electron chi connectivity index (χ4n) is 2.95. The van der Waals surface area contributed by atoms with Gasteiger partial charge in [-0.2, -0.15) is 0 Å². The Morgan fingerprint density at radius 1 is 1.11 bits per heavy atom. The molecular weight excluding hydrogens is 358 g/mol. The van der Waals surface area contributed by atoms with Crippen LogP contribution in [0.1, 0.15) is 6.92 Å². The van der Waals surface area contributed by atoms with E-state index >= 15 is 0 Å². The number of carbonyl (C=O) groups excluding carboxylic acids is 2. The van der Waals surface area contributed by atoms with Crippen LogP contribution in [-0.4, -0.2) is 62.5 Å². The molecule has 0 radical (unpaired) electrons. The quantitative estimate of drug-likeness (QED) is 0.708. The summed E-state index contributed by atoms with van der Waals surface area (Å²) in [6.45, 7) is 1.91. The van der Waals surface area contributed by atoms with Gasteiger partial charge in [0, 0.05) is 30.9 Å². The third-order valence-corrected chi connectivity index (χ3v) is 4.88. The molecule has 3 rings (SSSR count). The number of nitrogens with one attached hydrogen (secondary N) is 1. The Balaban J connectivity index is 1.85. The van der Waals surface area contributed by atoms with Gasteiger partial charge in [-0.3, -0.25) is 14.5 Å². The maximum absolute atomic E-state index is 12.7. The molecule has 0 fully saturated rings. The van der Waals surface area contributed by atoms with Gasteiger partial charge in [0.1, 0.15) is 16.9 Å². The number of hydrogen-bond donors (Lipinski definition) is 1. The molecule has 0 aliphatic rings. The van der Waals surface area contributed by atoms with Gasteiger partial charge in [-0.1, -0.05) is 18.2 Å². The van der Waals surface area contributed by atoms with Crippen LogP contribution < -0.4 is 10.1 Å². The molecule has 1 atom stereocenters. The third kappa shape index (κ3) is 3.80. The lowest BCUT2D eigenvalue weighted by atomic mass is 10.1. The van der Waals surface area contributed by atoms with Crippen molar-refractivity contribution in [1.29, 1.82) is 0 Å². The number of fused-ring (bicyclic) bond motifs is 3. The number of nitrogens with zero attached hydrogens (tertiary/aromatic N) is 2. The number of benzene rings is 2. The van der Waals surface area contributed by atoms with E-state index in [9.17, 15) is 9.59 Å². The highest BCUT2D eigenvalue weighted by atomic mass is 16.5. The molecule has 1 aromatic heterocycles. The number of likely N-dealkylation sites (N-methyl/N-ethyl adjacent to an activating group) is 2. The van der Waals surface area contributed by atoms with Crippen LogP contribution in [0.25, 0.3) is 21.9 Å². The molecule has 7 nitrogen and oxygen atoms in total. The number of carbonyl (C=O) groups is 2. The largest absolute Gasteiger partial charge is 0.495 e. The molecule has 0 spiro atoms. The molecule has 0 bridgehead atoms. The maximum Gasteiger partial charge on any atom is 0.241 e. The van der Waals surface area contributed by atoms with Crippen molar-refractivity contribution in [3.63, 3.8) is 0 Å². The van der Waals surface area contributed by atoms with Crippen molar-refractivity contribution in [2.75, 3.05) is 40.1 Å². The van der Waals surface area contributed by atoms with E-state index in [0.29, 0.717) is 17.0 Å². The van der Waals surface area contributed by atoms with Crippen LogP contribution in [0.4, 0.5) is 5.69 Å². The summed E-state index contributed by atoms with van der Waals surface area (Å²) in [7, 11) is 6.68. The van der Waals surface area contributed by atoms with Crippen LogP contribution >= 0.6 is 0 Å². The Labute approximate surface area is 163 Å². The second-order valence-electron chi connectivity index (χ2n) is 7.02. The first kappa shape index (κ1) is 19.7. The van der Waals surface area contributed by atoms with E-state index in [4.69, 9.17) is 9.15 Å². The fraction of sp³-hybridized carbons (Fsp3) is 0.333. The Morgan fingerprint density at radius 3 is 2.50 bits per heavy atom. The maximum atomic E-state index is 12.7. The lowest BCUT2D eigenvalue weighted by molar-refractivity contribution is -0.131. The SMILES string of the molecule is COc1cc2c(cc1NC(=O)[C@H](C)N(C)CC(=O)N(C)C)oc1ccccc12. The molecule has 7 heteroatoms. The Kier molecular flexibility index (Phi) is 5.56. The number of rotatable bonds is 6. The standard InChI is InChI=1S/C21H25N3O4/c1-13(24(4)12-20(25)23(2)3)21(26)22-16-11-18-15(10-19(16)27-5)14-8-6-7-9-17(14)28-18/h6-11,13H,12H2,1-5H3,(H,22,26)/t13-/m0/s1. The van der Waals surface area contributed by atoms with E-state index in [-0.39, 0.29) is 18.4 Å². The molecule has 1 heterocycles. The smallest absolute Gasteiger partial charge is 0.241 e. The highest BCUT2D eigenvalue weighted by Gasteiger charge is 2.22. The van der Waals surface area contributed by atoms with Crippen LogP contribution in [0.3, 0.4) is 0 Å². The lowest BCUT2D eigenvalue weighted by Gasteiger charge is -2.25. The van der Waals surface area contributed by atoms with Crippen LogP contribution in [0.5, 0.6) is 5.75 Å². The van der Waals surface area contributed by atoms with E-state index in [1.807, 2.05) is 30.3 Å². The summed E-state index contributed by atoms with van der Waals surface area (Å²) in [5, 5.41) is 4.80. The minimum atomic E-state index is -0.500. The first-order valence-electron chi connectivity index (χ1n) is 9.02. The van der Waals surface area contributed by atoms with Gasteiger partial charge in [0.05, 0.1) is 25.4 Å². The van der Waals surface area contributed by atoms with Gasteiger partial charge in [-0.25, -0.2) is 0 Å². The molecule has 0 saturated heterocycles. The summed E-state index contributed by atoms with van der Waals surface area (Å²) in [4.78, 5) is 27.8. The number of anilines is 1. The Bertz CT molecular complexity index is 1030. The van der Waals surface area contributed by atoms with Crippen molar-refractivity contribution in [2.45, 2.75) is 13.0 Å². The van der Waals surface area contributed by atoms with Crippen LogP contribution in [0.15, 0.2) is 40.8 Å². The minimum Gasteiger partial charge on any atom is -0.495 e. The van der Waals surface area contributed by atoms with Gasteiger partial charge in [0.25, 0.3) is 0 Å². The molecule has 148 valence electrons. The molecule has 2 aromatic carbocycles. The summed E-state index contributed by atoms with van der Waals surface area (Å²) in [5.74, 6) is 0.248. The number of ether oxygens (including phenoxy) is 1. The predicted octanol–water partition coefficient (Wildman–Crippen LogP) is 2.94. The van der Waals surface area contributed by atoms with Gasteiger partial charge in [0.2, 0.25) is 11.8 Å². The van der Waals surface area contributed by atoms with E-state index in [2.05, 4.69) is 5.32 Å². The zero-order valence-electron chi connectivity index (χ0n) is 16.8. The van der Waals surface area contributed by atoms with Crippen LogP contribution in [0.2, 0.25) is 0 Å². The first-order chi connectivity index (χ1) is 13.3. The Hall–Kier alpha value is -3.06. The number of para-hydroxylation sites is 1. The number of amides is 2. The zero-order valence-corrected chi connectivity index (χ0v) is 16.8. The highest BCUT2D eigenvalue weighted by molar-refractivity contribution is 6.08. The lowest BCUT2D eigenvalue weighted by Crippen LogP contribution is -2.44. The van der Waals surface area contributed by atoms with Crippen molar-refractivity contribution in [3.05, 3.63) is 36.4 Å². The molecule has 0 unspecified atom stereocenters. The summed E-state index contributed by atoms with van der Waals surface area (Å²) in [6, 6.07) is 10.9. The molecule has 0 saturated carbocycles. The minimum absolute atomic E-state index is 0.0663. The van der Waals surface area contributed by atoms with Crippen molar-refractivity contribution in [2.24, 2.45) is 0 Å². The van der Waals surface area contributed by atoms with Gasteiger partial charge in [-0.15, -0.1) is 0 Å². The highest BCUT2D eigenvalue weighted by Crippen LogP contribution is 2.36. The van der Waals surface area contributed by atoms with Crippen molar-refractivity contribution in [3.8, 4) is 5.75 Å². The van der Waals surface area contributed by atoms with E-state index < -0.39 is 6.04 Å². The number of methoxy groups -OCH3 is 1. The van der Waals surface area contributed by atoms with E-state index in [0.717, 1.165) is 16.4 Å². The normalized spacial score (nSPS) is 12.4. The molecule has 3 aromatic rings. The molecule has 28 heavy (non-hydrogen) atoms. The molecular formula is C21H25N3O4. The third-order valence-electron chi connectivity index (χ3n) is 4.88. The second-order valence-corrected chi connectivity index (χ2v) is 7.02. The van der Waals surface area contributed by atoms with Gasteiger partial charge < -0.3 is 19.4 Å². The topological polar surface area (TPSA) is 75.0 Å². The molecule has 0 aliphatic heterocycles. The average Bonchev–Trinajstić information content (AvgIpc) is 3.03. The van der Waals surface area contributed by atoms with Gasteiger partial charge in [0.15, 0.2) is 0 Å². The summed E-state index contributed by atoms with van der Waals surface area (Å²) in [5.41, 5.74) is 1.97. The zero-order chi connectivity index (χ0) is 20.4. The van der Waals surface area contributed by atoms with Crippen molar-refractivity contribution < 1.29 is 18.7 Å². The Morgan fingerprint density at radius 2 is 1.82 bits per heavy atom. The summed E-state index contributed by atoms with van der Waals surface area (Å²) in [6.07, 6.45) is 0. The van der Waals surface area contributed by atoms with E-state index in [1.165, 1.54) is 4.90 Å². The predicted molar refractivity (Wildman–Crippen MR) is 110 cm³/mol. The second kappa shape index (κ2) is 7.90. The molecule has 2 amide bonds. The van der Waals surface area contributed by atoms with Gasteiger partial charge in [-0.05, 0) is 26.1 Å². The molecule has 1 N–H and O–H groups in total. The monoisotopic (exact) mass is 383 g/mol. The van der Waals surface area contributed by atoms with E-state index in [1.54, 1.807) is 46.1 Å². The van der Waals surface area contributed by atoms with Crippen LogP contribution in [0, 0.1) is 0 Å². The summed E-state index contributed by atoms with van der Waals surface area (Å²) < 4.78 is 11.4. The first-order valence-corrected chi connectivity index (χ1v) is 9.02. The number of furan rings is 1. The summed E-state index contributed by atoms with van der Waals surface area (Å²) >= 11 is 0. The van der Waals surface area contributed by atoms with Crippen LogP contribution in [-0.2, 0) is 9.59 Å². The average molecular weight is 383 g/mol. The van der Waals surface area contributed by atoms with Crippen molar-refractivity contribution in [1.82, 2.24) is 9.80 Å².